The summed E-state index contributed by atoms with van der Waals surface area (Å²) in [7, 11) is 1.62. The predicted octanol–water partition coefficient (Wildman–Crippen LogP) is 0.774. The van der Waals surface area contributed by atoms with Crippen molar-refractivity contribution in [3.63, 3.8) is 0 Å². The first-order valence-corrected chi connectivity index (χ1v) is 2.24. The number of hydrogen-bond acceptors (Lipinski definition) is 1. The molecule has 0 heterocycles. The van der Waals surface area contributed by atoms with Crippen molar-refractivity contribution in [1.29, 1.82) is 0 Å². The Morgan fingerprint density at radius 1 is 1.62 bits per heavy atom. The smallest absolute Gasteiger partial charge is 0.249 e. The van der Waals surface area contributed by atoms with Crippen LogP contribution < -0.4 is 0 Å². The average Bonchev–Trinajstić information content (AvgIpc) is 1.84. The van der Waals surface area contributed by atoms with Crippen molar-refractivity contribution in [2.45, 2.75) is 0 Å². The summed E-state index contributed by atoms with van der Waals surface area (Å²) >= 11 is 0. The molecule has 0 aromatic heterocycles. The third kappa shape index (κ3) is 1.60. The quantitative estimate of drug-likeness (QED) is 0.482. The highest BCUT2D eigenvalue weighted by atomic mass is 16.2. The van der Waals surface area contributed by atoms with Crippen LogP contribution in [0.25, 0.3) is 0 Å². The summed E-state index contributed by atoms with van der Waals surface area (Å²) in [5.41, 5.74) is 0. The van der Waals surface area contributed by atoms with Gasteiger partial charge in [-0.25, -0.2) is 0 Å². The molecule has 0 aromatic rings. The topological polar surface area (TPSA) is 20.3 Å². The maximum absolute atomic E-state index is 10.5. The molecular weight excluding hydrogens is 102 g/mol. The van der Waals surface area contributed by atoms with E-state index in [1.54, 1.807) is 7.05 Å². The molecule has 0 aliphatic rings. The number of nitrogens with zero attached hydrogens (tertiary/aromatic N) is 1. The van der Waals surface area contributed by atoms with E-state index in [2.05, 4.69) is 13.2 Å². The molecule has 0 spiro atoms. The van der Waals surface area contributed by atoms with Gasteiger partial charge in [0.05, 0.1) is 0 Å². The van der Waals surface area contributed by atoms with Gasteiger partial charge < -0.3 is 4.90 Å². The Morgan fingerprint density at radius 2 is 2.12 bits per heavy atom. The second-order valence-electron chi connectivity index (χ2n) is 1.34. The highest BCUT2D eigenvalue weighted by molar-refractivity contribution is 5.87. The van der Waals surface area contributed by atoms with Crippen molar-refractivity contribution in [1.82, 2.24) is 4.90 Å². The molecule has 2 heteroatoms. The summed E-state index contributed by atoms with van der Waals surface area (Å²) in [6, 6.07) is 0. The molecule has 2 nitrogen and oxygen atoms in total. The summed E-state index contributed by atoms with van der Waals surface area (Å²) in [5, 5.41) is 0. The maximum atomic E-state index is 10.5. The Labute approximate surface area is 49.1 Å². The summed E-state index contributed by atoms with van der Waals surface area (Å²) in [5.74, 6) is -0.139. The lowest BCUT2D eigenvalue weighted by Gasteiger charge is -2.05. The third-order valence-corrected chi connectivity index (χ3v) is 0.796. The van der Waals surface area contributed by atoms with E-state index in [1.807, 2.05) is 0 Å². The van der Waals surface area contributed by atoms with Crippen molar-refractivity contribution >= 4 is 5.91 Å². The standard InChI is InChI=1S/C6H9NO/c1-4-6(8)7(3)5-2/h4-5H,1-2H2,3H3. The van der Waals surface area contributed by atoms with Crippen molar-refractivity contribution in [2.24, 2.45) is 0 Å². The molecule has 0 N–H and O–H groups in total. The summed E-state index contributed by atoms with van der Waals surface area (Å²) in [6.45, 7) is 6.68. The predicted molar refractivity (Wildman–Crippen MR) is 33.2 cm³/mol. The monoisotopic (exact) mass is 111 g/mol. The SMILES string of the molecule is C=CC(=O)N(C)C=C. The normalized spacial score (nSPS) is 7.62. The van der Waals surface area contributed by atoms with Crippen LogP contribution in [0.5, 0.6) is 0 Å². The Kier molecular flexibility index (Phi) is 2.62. The molecule has 0 fully saturated rings. The Bertz CT molecular complexity index is 118. The van der Waals surface area contributed by atoms with Gasteiger partial charge in [-0.05, 0) is 12.3 Å². The van der Waals surface area contributed by atoms with Crippen LogP contribution in [0, 0.1) is 0 Å². The average molecular weight is 111 g/mol. The van der Waals surface area contributed by atoms with Crippen LogP contribution in [0.2, 0.25) is 0 Å². The highest BCUT2D eigenvalue weighted by Gasteiger charge is 1.94. The number of hydrogen-bond donors (Lipinski definition) is 0. The van der Waals surface area contributed by atoms with Crippen molar-refractivity contribution in [3.8, 4) is 0 Å². The molecule has 0 aromatic carbocycles. The van der Waals surface area contributed by atoms with Gasteiger partial charge in [0, 0.05) is 7.05 Å². The van der Waals surface area contributed by atoms with Gasteiger partial charge in [0.25, 0.3) is 0 Å². The third-order valence-electron chi connectivity index (χ3n) is 0.796. The van der Waals surface area contributed by atoms with E-state index in [-0.39, 0.29) is 5.91 Å². The van der Waals surface area contributed by atoms with E-state index < -0.39 is 0 Å². The van der Waals surface area contributed by atoms with Crippen LogP contribution in [-0.2, 0) is 4.79 Å². The number of carbonyl (C=O) groups is 1. The first kappa shape index (κ1) is 6.95. The number of carbonyl (C=O) groups excluding carboxylic acids is 1. The molecule has 0 aliphatic heterocycles. The minimum atomic E-state index is -0.139. The van der Waals surface area contributed by atoms with Gasteiger partial charge >= 0.3 is 0 Å². The van der Waals surface area contributed by atoms with Gasteiger partial charge in [-0.1, -0.05) is 13.2 Å². The molecule has 0 aliphatic carbocycles. The second-order valence-corrected chi connectivity index (χ2v) is 1.34. The number of rotatable bonds is 2. The molecule has 0 saturated heterocycles. The fourth-order valence-corrected chi connectivity index (χ4v) is 0.234. The van der Waals surface area contributed by atoms with E-state index in [4.69, 9.17) is 0 Å². The van der Waals surface area contributed by atoms with Crippen LogP contribution in [-0.4, -0.2) is 17.9 Å². The van der Waals surface area contributed by atoms with E-state index in [0.717, 1.165) is 0 Å². The first-order chi connectivity index (χ1) is 3.72. The summed E-state index contributed by atoms with van der Waals surface area (Å²) in [4.78, 5) is 11.8. The molecule has 0 saturated carbocycles. The van der Waals surface area contributed by atoms with Gasteiger partial charge in [-0.2, -0.15) is 0 Å². The van der Waals surface area contributed by atoms with E-state index in [0.29, 0.717) is 0 Å². The van der Waals surface area contributed by atoms with Gasteiger partial charge in [-0.15, -0.1) is 0 Å². The fourth-order valence-electron chi connectivity index (χ4n) is 0.234. The zero-order chi connectivity index (χ0) is 6.57. The Balaban J connectivity index is 3.80. The zero-order valence-corrected chi connectivity index (χ0v) is 4.92. The molecule has 0 rings (SSSR count). The second kappa shape index (κ2) is 3.02. The van der Waals surface area contributed by atoms with Crippen molar-refractivity contribution < 1.29 is 4.79 Å². The van der Waals surface area contributed by atoms with Gasteiger partial charge in [0.2, 0.25) is 5.91 Å². The molecule has 0 bridgehead atoms. The van der Waals surface area contributed by atoms with Crippen LogP contribution in [0.1, 0.15) is 0 Å². The lowest BCUT2D eigenvalue weighted by molar-refractivity contribution is -0.122. The zero-order valence-electron chi connectivity index (χ0n) is 4.92. The lowest BCUT2D eigenvalue weighted by Crippen LogP contribution is -2.16. The Hall–Kier alpha value is -1.05. The minimum absolute atomic E-state index is 0.139. The van der Waals surface area contributed by atoms with Gasteiger partial charge in [-0.3, -0.25) is 4.79 Å². The largest absolute Gasteiger partial charge is 0.319 e. The molecular formula is C6H9NO. The fraction of sp³-hybridized carbons (Fsp3) is 0.167. The summed E-state index contributed by atoms with van der Waals surface area (Å²) < 4.78 is 0. The molecule has 0 unspecified atom stereocenters. The van der Waals surface area contributed by atoms with Gasteiger partial charge in [0.1, 0.15) is 0 Å². The molecule has 0 radical (unpaired) electrons. The number of likely N-dealkylation sites (N-methyl/N-ethyl adjacent to an activating group) is 1. The van der Waals surface area contributed by atoms with E-state index in [1.165, 1.54) is 17.2 Å². The number of amides is 1. The van der Waals surface area contributed by atoms with Crippen LogP contribution in [0.4, 0.5) is 0 Å². The van der Waals surface area contributed by atoms with E-state index in [9.17, 15) is 4.79 Å². The van der Waals surface area contributed by atoms with Crippen molar-refractivity contribution in [3.05, 3.63) is 25.4 Å². The van der Waals surface area contributed by atoms with E-state index >= 15 is 0 Å². The van der Waals surface area contributed by atoms with Crippen LogP contribution >= 0.6 is 0 Å². The van der Waals surface area contributed by atoms with Crippen LogP contribution in [0.3, 0.4) is 0 Å². The molecule has 1 amide bonds. The lowest BCUT2D eigenvalue weighted by atomic mass is 10.5. The first-order valence-electron chi connectivity index (χ1n) is 2.24. The van der Waals surface area contributed by atoms with Gasteiger partial charge in [0.15, 0.2) is 0 Å². The van der Waals surface area contributed by atoms with Crippen LogP contribution in [0.15, 0.2) is 25.4 Å². The van der Waals surface area contributed by atoms with Crippen molar-refractivity contribution in [2.75, 3.05) is 7.05 Å². The minimum Gasteiger partial charge on any atom is -0.319 e. The summed E-state index contributed by atoms with van der Waals surface area (Å²) in [6.07, 6.45) is 2.67. The Morgan fingerprint density at radius 3 is 2.25 bits per heavy atom. The maximum Gasteiger partial charge on any atom is 0.249 e. The highest BCUT2D eigenvalue weighted by Crippen LogP contribution is 1.82. The molecule has 0 atom stereocenters. The molecule has 8 heavy (non-hydrogen) atoms. The molecule has 44 valence electrons.